The smallest absolute Gasteiger partial charge is 0.229 e. The van der Waals surface area contributed by atoms with Crippen LogP contribution in [0, 0.1) is 38.5 Å². The van der Waals surface area contributed by atoms with Gasteiger partial charge in [0.15, 0.2) is 0 Å². The van der Waals surface area contributed by atoms with Crippen molar-refractivity contribution in [3.63, 3.8) is 0 Å². The van der Waals surface area contributed by atoms with E-state index in [2.05, 4.69) is 62.6 Å². The first-order chi connectivity index (χ1) is 16.6. The van der Waals surface area contributed by atoms with Gasteiger partial charge in [0, 0.05) is 27.6 Å². The molecule has 196 valence electrons. The molecule has 1 fully saturated rings. The Hall–Kier alpha value is -2.62. The van der Waals surface area contributed by atoms with Crippen molar-refractivity contribution in [3.8, 4) is 0 Å². The largest absolute Gasteiger partial charge is 0.325 e. The van der Waals surface area contributed by atoms with E-state index in [1.807, 2.05) is 41.5 Å². The number of nitrogens with one attached hydrogen (secondary N) is 2. The van der Waals surface area contributed by atoms with E-state index in [0.717, 1.165) is 46.5 Å². The van der Waals surface area contributed by atoms with Crippen LogP contribution in [0.4, 0.5) is 11.4 Å². The highest BCUT2D eigenvalue weighted by atomic mass is 16.2. The summed E-state index contributed by atoms with van der Waals surface area (Å²) in [5.41, 5.74) is 7.99. The minimum atomic E-state index is -0.443. The Bertz CT molecular complexity index is 1020. The van der Waals surface area contributed by atoms with Crippen molar-refractivity contribution in [1.29, 1.82) is 0 Å². The molecular formula is C32H46N2O2. The molecule has 0 bridgehead atoms. The Balaban J connectivity index is 2.08. The number of carbonyl (C=O) groups excluding carboxylic acids is 2. The van der Waals surface area contributed by atoms with Crippen LogP contribution in [0.5, 0.6) is 0 Å². The molecular weight excluding hydrogens is 444 g/mol. The molecule has 1 aliphatic rings. The lowest BCUT2D eigenvalue weighted by Crippen LogP contribution is -2.32. The second kappa shape index (κ2) is 10.0. The maximum absolute atomic E-state index is 12.7. The monoisotopic (exact) mass is 490 g/mol. The highest BCUT2D eigenvalue weighted by molar-refractivity contribution is 5.96. The normalized spacial score (nSPS) is 15.9. The second-order valence-corrected chi connectivity index (χ2v) is 13.0. The van der Waals surface area contributed by atoms with Crippen LogP contribution in [0.2, 0.25) is 0 Å². The molecule has 2 aromatic rings. The summed E-state index contributed by atoms with van der Waals surface area (Å²) in [6.45, 7) is 20.1. The Morgan fingerprint density at radius 3 is 1.19 bits per heavy atom. The van der Waals surface area contributed by atoms with Crippen LogP contribution in [0.1, 0.15) is 107 Å². The molecule has 0 aromatic heterocycles. The van der Waals surface area contributed by atoms with Crippen molar-refractivity contribution in [2.45, 2.75) is 107 Å². The summed E-state index contributed by atoms with van der Waals surface area (Å²) in [5.74, 6) is 0.0703. The summed E-state index contributed by atoms with van der Waals surface area (Å²) < 4.78 is 0. The molecule has 1 saturated carbocycles. The standard InChI is InChI=1S/C32H46N2O2/c1-20-16-24(17-21(2)26(20)33-28(35)30(5,6)7)32(14-12-11-13-15-32)25-18-22(3)27(23(4)19-25)34-29(36)31(8,9)10/h16-19H,11-15H2,1-10H3,(H,33,35)(H,34,36). The molecule has 0 atom stereocenters. The lowest BCUT2D eigenvalue weighted by molar-refractivity contribution is -0.123. The number of hydrogen-bond acceptors (Lipinski definition) is 2. The van der Waals surface area contributed by atoms with Crippen LogP contribution in [0.15, 0.2) is 24.3 Å². The average Bonchev–Trinajstić information content (AvgIpc) is 2.77. The van der Waals surface area contributed by atoms with Gasteiger partial charge >= 0.3 is 0 Å². The van der Waals surface area contributed by atoms with Gasteiger partial charge in [-0.15, -0.1) is 0 Å². The Morgan fingerprint density at radius 1 is 0.611 bits per heavy atom. The van der Waals surface area contributed by atoms with Crippen molar-refractivity contribution in [1.82, 2.24) is 0 Å². The van der Waals surface area contributed by atoms with Gasteiger partial charge in [0.05, 0.1) is 0 Å². The van der Waals surface area contributed by atoms with E-state index in [4.69, 9.17) is 0 Å². The minimum Gasteiger partial charge on any atom is -0.325 e. The van der Waals surface area contributed by atoms with Gasteiger partial charge in [0.25, 0.3) is 0 Å². The third kappa shape index (κ3) is 5.68. The van der Waals surface area contributed by atoms with Gasteiger partial charge in [0.2, 0.25) is 11.8 Å². The Kier molecular flexibility index (Phi) is 7.79. The molecule has 4 heteroatoms. The van der Waals surface area contributed by atoms with Crippen molar-refractivity contribution >= 4 is 23.2 Å². The van der Waals surface area contributed by atoms with Gasteiger partial charge in [-0.3, -0.25) is 9.59 Å². The molecule has 1 aliphatic carbocycles. The maximum Gasteiger partial charge on any atom is 0.229 e. The fraction of sp³-hybridized carbons (Fsp3) is 0.562. The molecule has 36 heavy (non-hydrogen) atoms. The summed E-state index contributed by atoms with van der Waals surface area (Å²) in [5, 5.41) is 6.36. The molecule has 2 amide bonds. The second-order valence-electron chi connectivity index (χ2n) is 13.0. The van der Waals surface area contributed by atoms with Gasteiger partial charge in [-0.1, -0.05) is 85.1 Å². The SMILES string of the molecule is Cc1cc(C2(c3cc(C)c(NC(=O)C(C)(C)C)c(C)c3)CCCCC2)cc(C)c1NC(=O)C(C)(C)C. The third-order valence-electron chi connectivity index (χ3n) is 7.72. The van der Waals surface area contributed by atoms with Gasteiger partial charge < -0.3 is 10.6 Å². The zero-order valence-corrected chi connectivity index (χ0v) is 24.2. The molecule has 0 aliphatic heterocycles. The number of amides is 2. The van der Waals surface area contributed by atoms with Crippen LogP contribution in [0.25, 0.3) is 0 Å². The quantitative estimate of drug-likeness (QED) is 0.454. The van der Waals surface area contributed by atoms with Crippen LogP contribution in [0.3, 0.4) is 0 Å². The van der Waals surface area contributed by atoms with E-state index in [-0.39, 0.29) is 17.2 Å². The van der Waals surface area contributed by atoms with Crippen LogP contribution in [-0.4, -0.2) is 11.8 Å². The number of aryl methyl sites for hydroxylation is 4. The molecule has 0 spiro atoms. The summed E-state index contributed by atoms with van der Waals surface area (Å²) >= 11 is 0. The number of anilines is 2. The van der Waals surface area contributed by atoms with E-state index in [9.17, 15) is 9.59 Å². The first-order valence-electron chi connectivity index (χ1n) is 13.4. The van der Waals surface area contributed by atoms with Crippen molar-refractivity contribution in [2.24, 2.45) is 10.8 Å². The van der Waals surface area contributed by atoms with E-state index < -0.39 is 10.8 Å². The molecule has 0 saturated heterocycles. The predicted molar refractivity (Wildman–Crippen MR) is 152 cm³/mol. The van der Waals surface area contributed by atoms with Crippen LogP contribution in [-0.2, 0) is 15.0 Å². The zero-order valence-electron chi connectivity index (χ0n) is 24.2. The summed E-state index contributed by atoms with van der Waals surface area (Å²) in [6, 6.07) is 9.15. The highest BCUT2D eigenvalue weighted by Crippen LogP contribution is 2.47. The fourth-order valence-corrected chi connectivity index (χ4v) is 5.38. The molecule has 0 unspecified atom stereocenters. The predicted octanol–water partition coefficient (Wildman–Crippen LogP) is 8.14. The van der Waals surface area contributed by atoms with Gasteiger partial charge in [-0.25, -0.2) is 0 Å². The average molecular weight is 491 g/mol. The number of carbonyl (C=O) groups is 2. The van der Waals surface area contributed by atoms with E-state index in [0.29, 0.717) is 0 Å². The van der Waals surface area contributed by atoms with E-state index in [1.165, 1.54) is 30.4 Å². The molecule has 0 heterocycles. The van der Waals surface area contributed by atoms with Gasteiger partial charge in [-0.05, 0) is 73.9 Å². The topological polar surface area (TPSA) is 58.2 Å². The summed E-state index contributed by atoms with van der Waals surface area (Å²) in [6.07, 6.45) is 5.86. The van der Waals surface area contributed by atoms with Crippen molar-refractivity contribution < 1.29 is 9.59 Å². The highest BCUT2D eigenvalue weighted by Gasteiger charge is 2.37. The molecule has 4 nitrogen and oxygen atoms in total. The summed E-state index contributed by atoms with van der Waals surface area (Å²) in [7, 11) is 0. The number of benzene rings is 2. The van der Waals surface area contributed by atoms with E-state index >= 15 is 0 Å². The fourth-order valence-electron chi connectivity index (χ4n) is 5.38. The van der Waals surface area contributed by atoms with Crippen molar-refractivity contribution in [3.05, 3.63) is 57.6 Å². The zero-order chi connectivity index (χ0) is 27.1. The Morgan fingerprint density at radius 2 is 0.917 bits per heavy atom. The van der Waals surface area contributed by atoms with E-state index in [1.54, 1.807) is 0 Å². The van der Waals surface area contributed by atoms with Crippen molar-refractivity contribution in [2.75, 3.05) is 10.6 Å². The van der Waals surface area contributed by atoms with Crippen LogP contribution < -0.4 is 10.6 Å². The first-order valence-corrected chi connectivity index (χ1v) is 13.4. The molecule has 3 rings (SSSR count). The minimum absolute atomic E-state index is 0.0352. The molecule has 2 N–H and O–H groups in total. The summed E-state index contributed by atoms with van der Waals surface area (Å²) in [4.78, 5) is 25.4. The Labute approximate surface area is 218 Å². The van der Waals surface area contributed by atoms with Gasteiger partial charge in [-0.2, -0.15) is 0 Å². The molecule has 2 aromatic carbocycles. The lowest BCUT2D eigenvalue weighted by Gasteiger charge is -2.40. The third-order valence-corrected chi connectivity index (χ3v) is 7.72. The first kappa shape index (κ1) is 28.0. The number of hydrogen-bond donors (Lipinski definition) is 2. The molecule has 0 radical (unpaired) electrons. The van der Waals surface area contributed by atoms with Gasteiger partial charge in [0.1, 0.15) is 0 Å². The maximum atomic E-state index is 12.7. The lowest BCUT2D eigenvalue weighted by atomic mass is 9.64. The number of rotatable bonds is 4. The van der Waals surface area contributed by atoms with Crippen LogP contribution >= 0.6 is 0 Å².